The number of carbonyl (C=O) groups is 2. The van der Waals surface area contributed by atoms with Gasteiger partial charge < -0.3 is 5.32 Å². The van der Waals surface area contributed by atoms with E-state index in [1.807, 2.05) is 0 Å². The van der Waals surface area contributed by atoms with Gasteiger partial charge in [0.2, 0.25) is 5.78 Å². The molecule has 0 atom stereocenters. The number of hydrogen-bond acceptors (Lipinski definition) is 4. The van der Waals surface area contributed by atoms with Crippen LogP contribution in [0.15, 0.2) is 36.5 Å². The summed E-state index contributed by atoms with van der Waals surface area (Å²) in [5.74, 6) is -2.28. The van der Waals surface area contributed by atoms with Crippen LogP contribution in [0.3, 0.4) is 0 Å². The summed E-state index contributed by atoms with van der Waals surface area (Å²) in [7, 11) is 0. The second-order valence-corrected chi connectivity index (χ2v) is 6.78. The molecule has 0 saturated carbocycles. The van der Waals surface area contributed by atoms with E-state index in [4.69, 9.17) is 0 Å². The van der Waals surface area contributed by atoms with E-state index < -0.39 is 28.9 Å². The van der Waals surface area contributed by atoms with Crippen molar-refractivity contribution in [3.63, 3.8) is 0 Å². The summed E-state index contributed by atoms with van der Waals surface area (Å²) in [5, 5.41) is 7.09. The number of aryl methyl sites for hydroxylation is 1. The average molecular weight is 418 g/mol. The molecular weight excluding hydrogens is 404 g/mol. The van der Waals surface area contributed by atoms with Gasteiger partial charge in [0.05, 0.1) is 28.2 Å². The standard InChI is InChI=1S/C20H14F4N4O2/c1-10-17-16(3-5-26-19(17)30)28(27-10)14-2-4-25-15(9-14)18(29)11-6-12(20(22,23)24)8-13(21)7-11/h2,4,6-9H,3,5H2,1H3,(H,26,30). The van der Waals surface area contributed by atoms with E-state index >= 15 is 0 Å². The molecule has 154 valence electrons. The Hall–Kier alpha value is -3.56. The molecule has 3 aromatic rings. The molecular formula is C20H14F4N4O2. The minimum atomic E-state index is -4.79. The molecule has 1 N–H and O–H groups in total. The van der Waals surface area contributed by atoms with E-state index in [1.54, 1.807) is 13.0 Å². The number of pyridine rings is 1. The lowest BCUT2D eigenvalue weighted by molar-refractivity contribution is -0.137. The van der Waals surface area contributed by atoms with Gasteiger partial charge in [-0.3, -0.25) is 14.6 Å². The van der Waals surface area contributed by atoms with Crippen LogP contribution in [-0.2, 0) is 12.6 Å². The van der Waals surface area contributed by atoms with E-state index in [0.29, 0.717) is 47.7 Å². The highest BCUT2D eigenvalue weighted by Gasteiger charge is 2.32. The topological polar surface area (TPSA) is 76.9 Å². The van der Waals surface area contributed by atoms with Gasteiger partial charge in [0, 0.05) is 24.7 Å². The molecule has 4 rings (SSSR count). The summed E-state index contributed by atoms with van der Waals surface area (Å²) in [6.07, 6.45) is -2.97. The molecule has 0 saturated heterocycles. The number of amides is 1. The molecule has 1 aliphatic rings. The number of carbonyl (C=O) groups excluding carboxylic acids is 2. The third-order valence-corrected chi connectivity index (χ3v) is 4.74. The molecule has 10 heteroatoms. The van der Waals surface area contributed by atoms with Gasteiger partial charge >= 0.3 is 6.18 Å². The number of halogens is 4. The van der Waals surface area contributed by atoms with Crippen molar-refractivity contribution in [1.29, 1.82) is 0 Å². The van der Waals surface area contributed by atoms with Gasteiger partial charge in [0.1, 0.15) is 11.5 Å². The Bertz CT molecular complexity index is 1180. The molecule has 6 nitrogen and oxygen atoms in total. The Kier molecular flexibility index (Phi) is 4.64. The highest BCUT2D eigenvalue weighted by atomic mass is 19.4. The lowest BCUT2D eigenvalue weighted by atomic mass is 10.0. The quantitative estimate of drug-likeness (QED) is 0.523. The van der Waals surface area contributed by atoms with Crippen molar-refractivity contribution in [2.45, 2.75) is 19.5 Å². The normalized spacial score (nSPS) is 13.7. The first-order valence-electron chi connectivity index (χ1n) is 8.91. The van der Waals surface area contributed by atoms with Gasteiger partial charge in [0.15, 0.2) is 0 Å². The fraction of sp³-hybridized carbons (Fsp3) is 0.200. The SMILES string of the molecule is Cc1nn(-c2ccnc(C(=O)c3cc(F)cc(C(F)(F)F)c3)c2)c2c1C(=O)NCC2. The summed E-state index contributed by atoms with van der Waals surface area (Å²) in [6.45, 7) is 2.11. The number of fused-ring (bicyclic) bond motifs is 1. The maximum absolute atomic E-state index is 13.7. The van der Waals surface area contributed by atoms with Crippen LogP contribution in [-0.4, -0.2) is 33.0 Å². The fourth-order valence-electron chi connectivity index (χ4n) is 3.41. The van der Waals surface area contributed by atoms with Gasteiger partial charge in [-0.2, -0.15) is 18.3 Å². The number of ketones is 1. The van der Waals surface area contributed by atoms with Gasteiger partial charge in [0.25, 0.3) is 5.91 Å². The Balaban J connectivity index is 1.75. The van der Waals surface area contributed by atoms with E-state index in [9.17, 15) is 27.2 Å². The maximum atomic E-state index is 13.7. The van der Waals surface area contributed by atoms with Crippen molar-refractivity contribution in [3.05, 3.63) is 76.1 Å². The predicted octanol–water partition coefficient (Wildman–Crippen LogP) is 3.25. The molecule has 0 radical (unpaired) electrons. The smallest absolute Gasteiger partial charge is 0.352 e. The minimum Gasteiger partial charge on any atom is -0.352 e. The first-order valence-corrected chi connectivity index (χ1v) is 8.91. The Morgan fingerprint density at radius 1 is 1.20 bits per heavy atom. The molecule has 3 heterocycles. The lowest BCUT2D eigenvalue weighted by Crippen LogP contribution is -2.32. The molecule has 0 unspecified atom stereocenters. The molecule has 1 aromatic carbocycles. The molecule has 30 heavy (non-hydrogen) atoms. The van der Waals surface area contributed by atoms with Gasteiger partial charge in [-0.05, 0) is 37.3 Å². The lowest BCUT2D eigenvalue weighted by Gasteiger charge is -2.15. The van der Waals surface area contributed by atoms with Gasteiger partial charge in [-0.25, -0.2) is 9.07 Å². The molecule has 0 spiro atoms. The van der Waals surface area contributed by atoms with Gasteiger partial charge in [-0.15, -0.1) is 0 Å². The third-order valence-electron chi connectivity index (χ3n) is 4.74. The molecule has 0 bridgehead atoms. The van der Waals surface area contributed by atoms with Crippen LogP contribution in [0.25, 0.3) is 5.69 Å². The second kappa shape index (κ2) is 7.05. The van der Waals surface area contributed by atoms with E-state index in [1.165, 1.54) is 16.9 Å². The fourth-order valence-corrected chi connectivity index (χ4v) is 3.41. The summed E-state index contributed by atoms with van der Waals surface area (Å²) >= 11 is 0. The molecule has 1 amide bonds. The van der Waals surface area contributed by atoms with E-state index in [2.05, 4.69) is 15.4 Å². The van der Waals surface area contributed by atoms with Crippen molar-refractivity contribution < 1.29 is 27.2 Å². The molecule has 1 aliphatic heterocycles. The van der Waals surface area contributed by atoms with E-state index in [-0.39, 0.29) is 11.6 Å². The van der Waals surface area contributed by atoms with Crippen LogP contribution < -0.4 is 5.32 Å². The van der Waals surface area contributed by atoms with Crippen LogP contribution in [0, 0.1) is 12.7 Å². The Morgan fingerprint density at radius 2 is 1.97 bits per heavy atom. The Morgan fingerprint density at radius 3 is 2.70 bits per heavy atom. The highest BCUT2D eigenvalue weighted by molar-refractivity contribution is 6.08. The number of nitrogens with zero attached hydrogens (tertiary/aromatic N) is 3. The summed E-state index contributed by atoms with van der Waals surface area (Å²) < 4.78 is 54.1. The molecule has 0 fully saturated rings. The van der Waals surface area contributed by atoms with Crippen molar-refractivity contribution in [2.24, 2.45) is 0 Å². The number of hydrogen-bond donors (Lipinski definition) is 1. The predicted molar refractivity (Wildman–Crippen MR) is 97.0 cm³/mol. The number of aromatic nitrogens is 3. The number of benzene rings is 1. The van der Waals surface area contributed by atoms with Crippen LogP contribution >= 0.6 is 0 Å². The van der Waals surface area contributed by atoms with Gasteiger partial charge in [-0.1, -0.05) is 0 Å². The summed E-state index contributed by atoms with van der Waals surface area (Å²) in [6, 6.07) is 4.55. The Labute approximate surface area is 167 Å². The minimum absolute atomic E-state index is 0.173. The summed E-state index contributed by atoms with van der Waals surface area (Å²) in [4.78, 5) is 28.7. The number of rotatable bonds is 3. The molecule has 2 aromatic heterocycles. The van der Waals surface area contributed by atoms with Crippen molar-refractivity contribution in [1.82, 2.24) is 20.1 Å². The zero-order chi connectivity index (χ0) is 21.6. The van der Waals surface area contributed by atoms with Crippen LogP contribution in [0.5, 0.6) is 0 Å². The average Bonchev–Trinajstić information content (AvgIpc) is 3.04. The van der Waals surface area contributed by atoms with Crippen molar-refractivity contribution in [2.75, 3.05) is 6.54 Å². The highest BCUT2D eigenvalue weighted by Crippen LogP contribution is 2.31. The van der Waals surface area contributed by atoms with Crippen LogP contribution in [0.2, 0.25) is 0 Å². The third kappa shape index (κ3) is 3.44. The van der Waals surface area contributed by atoms with Crippen molar-refractivity contribution >= 4 is 11.7 Å². The maximum Gasteiger partial charge on any atom is 0.416 e. The zero-order valence-electron chi connectivity index (χ0n) is 15.5. The van der Waals surface area contributed by atoms with Crippen LogP contribution in [0.4, 0.5) is 17.6 Å². The zero-order valence-corrected chi connectivity index (χ0v) is 15.5. The number of nitrogens with one attached hydrogen (secondary N) is 1. The first kappa shape index (κ1) is 19.7. The first-order chi connectivity index (χ1) is 14.1. The second-order valence-electron chi connectivity index (χ2n) is 6.78. The van der Waals surface area contributed by atoms with Crippen molar-refractivity contribution in [3.8, 4) is 5.69 Å². The largest absolute Gasteiger partial charge is 0.416 e. The molecule has 0 aliphatic carbocycles. The monoisotopic (exact) mass is 418 g/mol. The number of alkyl halides is 3. The van der Waals surface area contributed by atoms with Crippen LogP contribution in [0.1, 0.15) is 43.4 Å². The van der Waals surface area contributed by atoms with E-state index in [0.717, 1.165) is 6.07 Å². The summed E-state index contributed by atoms with van der Waals surface area (Å²) in [5.41, 5.74) is 0.131.